The van der Waals surface area contributed by atoms with Crippen molar-refractivity contribution in [1.29, 1.82) is 0 Å². The lowest BCUT2D eigenvalue weighted by molar-refractivity contribution is 0.317. The van der Waals surface area contributed by atoms with E-state index in [2.05, 4.69) is 10.3 Å². The molecule has 0 radical (unpaired) electrons. The molecule has 0 aliphatic rings. The molecule has 17 heavy (non-hydrogen) atoms. The number of halogens is 1. The number of ether oxygens (including phenoxy) is 1. The molecule has 0 aliphatic heterocycles. The van der Waals surface area contributed by atoms with Crippen LogP contribution < -0.4 is 10.5 Å². The zero-order valence-electron chi connectivity index (χ0n) is 9.08. The van der Waals surface area contributed by atoms with Crippen LogP contribution in [-0.2, 0) is 6.42 Å². The summed E-state index contributed by atoms with van der Waals surface area (Å²) < 4.78 is 10.3. The van der Waals surface area contributed by atoms with Crippen LogP contribution in [0.5, 0.6) is 5.75 Å². The lowest BCUT2D eigenvalue weighted by Crippen LogP contribution is -2.15. The number of amidine groups is 1. The van der Waals surface area contributed by atoms with Crippen molar-refractivity contribution >= 4 is 29.2 Å². The highest BCUT2D eigenvalue weighted by Gasteiger charge is 2.14. The molecule has 0 atom stereocenters. The first-order valence-electron chi connectivity index (χ1n) is 4.64. The maximum atomic E-state index is 8.51. The molecular formula is C10H12ClN3O3. The number of benzene rings is 1. The van der Waals surface area contributed by atoms with Crippen molar-refractivity contribution in [1.82, 2.24) is 5.16 Å². The van der Waals surface area contributed by atoms with Gasteiger partial charge in [-0.15, -0.1) is 12.4 Å². The van der Waals surface area contributed by atoms with E-state index in [9.17, 15) is 0 Å². The zero-order chi connectivity index (χ0) is 11.5. The molecule has 0 amide bonds. The summed E-state index contributed by atoms with van der Waals surface area (Å²) in [7, 11) is 1.56. The highest BCUT2D eigenvalue weighted by atomic mass is 35.5. The van der Waals surface area contributed by atoms with Gasteiger partial charge in [-0.25, -0.2) is 0 Å². The quantitative estimate of drug-likeness (QED) is 0.377. The number of hydrogen-bond donors (Lipinski definition) is 2. The predicted octanol–water partition coefficient (Wildman–Crippen LogP) is 1.55. The van der Waals surface area contributed by atoms with Crippen molar-refractivity contribution in [3.05, 3.63) is 23.9 Å². The van der Waals surface area contributed by atoms with E-state index in [1.54, 1.807) is 25.3 Å². The number of methoxy groups -OCH3 is 1. The molecule has 7 heteroatoms. The van der Waals surface area contributed by atoms with E-state index in [-0.39, 0.29) is 24.7 Å². The number of nitrogens with zero attached hydrogens (tertiary/aromatic N) is 2. The molecule has 0 spiro atoms. The summed E-state index contributed by atoms with van der Waals surface area (Å²) in [6, 6.07) is 5.38. The number of oxime groups is 1. The monoisotopic (exact) mass is 257 g/mol. The van der Waals surface area contributed by atoms with Crippen molar-refractivity contribution in [3.63, 3.8) is 0 Å². The van der Waals surface area contributed by atoms with Gasteiger partial charge in [0, 0.05) is 0 Å². The third-order valence-electron chi connectivity index (χ3n) is 2.23. The molecule has 1 heterocycles. The number of fused-ring (bicyclic) bond motifs is 1. The van der Waals surface area contributed by atoms with Gasteiger partial charge >= 0.3 is 0 Å². The summed E-state index contributed by atoms with van der Waals surface area (Å²) in [6.07, 6.45) is 0.212. The Kier molecular flexibility index (Phi) is 4.17. The second-order valence-corrected chi connectivity index (χ2v) is 3.23. The fourth-order valence-electron chi connectivity index (χ4n) is 1.52. The van der Waals surface area contributed by atoms with Gasteiger partial charge in [0.25, 0.3) is 0 Å². The smallest absolute Gasteiger partial charge is 0.170 e. The molecule has 3 N–H and O–H groups in total. The number of rotatable bonds is 3. The Balaban J connectivity index is 0.00000144. The lowest BCUT2D eigenvalue weighted by Gasteiger charge is -2.01. The topological polar surface area (TPSA) is 93.9 Å². The van der Waals surface area contributed by atoms with E-state index < -0.39 is 0 Å². The fourth-order valence-corrected chi connectivity index (χ4v) is 1.52. The fraction of sp³-hybridized carbons (Fsp3) is 0.200. The zero-order valence-corrected chi connectivity index (χ0v) is 9.90. The average Bonchev–Trinajstić information content (AvgIpc) is 2.72. The molecule has 0 unspecified atom stereocenters. The van der Waals surface area contributed by atoms with E-state index in [4.69, 9.17) is 20.2 Å². The van der Waals surface area contributed by atoms with Crippen LogP contribution in [0.4, 0.5) is 0 Å². The van der Waals surface area contributed by atoms with Gasteiger partial charge in [0.15, 0.2) is 5.58 Å². The Hall–Kier alpha value is -1.95. The van der Waals surface area contributed by atoms with Crippen molar-refractivity contribution in [2.24, 2.45) is 10.9 Å². The molecule has 1 aromatic heterocycles. The van der Waals surface area contributed by atoms with Gasteiger partial charge in [-0.1, -0.05) is 16.4 Å². The molecule has 0 aliphatic carbocycles. The Morgan fingerprint density at radius 3 is 3.00 bits per heavy atom. The summed E-state index contributed by atoms with van der Waals surface area (Å²) in [4.78, 5) is 0. The Labute approximate surface area is 103 Å². The van der Waals surface area contributed by atoms with Gasteiger partial charge < -0.3 is 20.2 Å². The number of nitrogens with two attached hydrogens (primary N) is 1. The summed E-state index contributed by atoms with van der Waals surface area (Å²) in [5, 5.41) is 16.0. The van der Waals surface area contributed by atoms with Crippen LogP contribution in [0.25, 0.3) is 11.0 Å². The minimum atomic E-state index is 0. The molecule has 0 fully saturated rings. The van der Waals surface area contributed by atoms with Crippen LogP contribution in [0.3, 0.4) is 0 Å². The molecule has 0 bridgehead atoms. The van der Waals surface area contributed by atoms with Crippen molar-refractivity contribution < 1.29 is 14.5 Å². The van der Waals surface area contributed by atoms with Crippen LogP contribution in [0, 0.1) is 0 Å². The molecule has 6 nitrogen and oxygen atoms in total. The van der Waals surface area contributed by atoms with Gasteiger partial charge in [-0.2, -0.15) is 0 Å². The normalized spacial score (nSPS) is 11.2. The maximum Gasteiger partial charge on any atom is 0.170 e. The summed E-state index contributed by atoms with van der Waals surface area (Å²) in [5.41, 5.74) is 6.62. The SMILES string of the molecule is COc1cccc2onc(CC(N)=NO)c12.Cl. The first-order chi connectivity index (χ1) is 7.76. The summed E-state index contributed by atoms with van der Waals surface area (Å²) in [5.74, 6) is 0.723. The van der Waals surface area contributed by atoms with Crippen LogP contribution in [0.15, 0.2) is 27.9 Å². The molecule has 2 rings (SSSR count). The van der Waals surface area contributed by atoms with E-state index in [1.807, 2.05) is 0 Å². The third kappa shape index (κ3) is 2.42. The maximum absolute atomic E-state index is 8.51. The summed E-state index contributed by atoms with van der Waals surface area (Å²) >= 11 is 0. The van der Waals surface area contributed by atoms with Crippen LogP contribution in [0.1, 0.15) is 5.69 Å². The molecular weight excluding hydrogens is 246 g/mol. The van der Waals surface area contributed by atoms with E-state index in [0.717, 1.165) is 5.39 Å². The molecule has 0 saturated carbocycles. The second-order valence-electron chi connectivity index (χ2n) is 3.23. The van der Waals surface area contributed by atoms with Crippen LogP contribution in [0.2, 0.25) is 0 Å². The van der Waals surface area contributed by atoms with Gasteiger partial charge in [0.2, 0.25) is 0 Å². The minimum absolute atomic E-state index is 0. The standard InChI is InChI=1S/C10H11N3O3.ClH/c1-15-7-3-2-4-8-10(7)6(13-16-8)5-9(11)12-14;/h2-4,14H,5H2,1H3,(H2,11,12);1H. The van der Waals surface area contributed by atoms with Crippen molar-refractivity contribution in [3.8, 4) is 5.75 Å². The number of aromatic nitrogens is 1. The van der Waals surface area contributed by atoms with Crippen LogP contribution >= 0.6 is 12.4 Å². The Morgan fingerprint density at radius 2 is 2.35 bits per heavy atom. The van der Waals surface area contributed by atoms with Crippen LogP contribution in [-0.4, -0.2) is 23.3 Å². The van der Waals surface area contributed by atoms with Crippen molar-refractivity contribution in [2.75, 3.05) is 7.11 Å². The molecule has 1 aromatic carbocycles. The van der Waals surface area contributed by atoms with Gasteiger partial charge in [-0.3, -0.25) is 0 Å². The molecule has 92 valence electrons. The lowest BCUT2D eigenvalue weighted by atomic mass is 10.1. The molecule has 0 saturated heterocycles. The average molecular weight is 258 g/mol. The minimum Gasteiger partial charge on any atom is -0.496 e. The highest BCUT2D eigenvalue weighted by molar-refractivity contribution is 5.91. The van der Waals surface area contributed by atoms with E-state index in [0.29, 0.717) is 17.0 Å². The van der Waals surface area contributed by atoms with E-state index in [1.165, 1.54) is 0 Å². The predicted molar refractivity (Wildman–Crippen MR) is 64.9 cm³/mol. The summed E-state index contributed by atoms with van der Waals surface area (Å²) in [6.45, 7) is 0. The third-order valence-corrected chi connectivity index (χ3v) is 2.23. The Bertz CT molecular complexity index is 539. The largest absolute Gasteiger partial charge is 0.496 e. The first kappa shape index (κ1) is 13.1. The van der Waals surface area contributed by atoms with Crippen molar-refractivity contribution in [2.45, 2.75) is 6.42 Å². The number of hydrogen-bond acceptors (Lipinski definition) is 5. The first-order valence-corrected chi connectivity index (χ1v) is 4.64. The van der Waals surface area contributed by atoms with E-state index >= 15 is 0 Å². The Morgan fingerprint density at radius 1 is 1.59 bits per heavy atom. The molecule has 2 aromatic rings. The van der Waals surface area contributed by atoms with Gasteiger partial charge in [-0.05, 0) is 12.1 Å². The second kappa shape index (κ2) is 5.40. The van der Waals surface area contributed by atoms with Gasteiger partial charge in [0.1, 0.15) is 17.3 Å². The van der Waals surface area contributed by atoms with Gasteiger partial charge in [0.05, 0.1) is 18.9 Å². The highest BCUT2D eigenvalue weighted by Crippen LogP contribution is 2.28.